The molecule has 98 valence electrons. The van der Waals surface area contributed by atoms with E-state index in [-0.39, 0.29) is 16.9 Å². The van der Waals surface area contributed by atoms with Crippen LogP contribution in [0.3, 0.4) is 0 Å². The fraction of sp³-hybridized carbons (Fsp3) is 0.545. The molecule has 0 aliphatic carbocycles. The van der Waals surface area contributed by atoms with E-state index in [4.69, 9.17) is 16.3 Å². The zero-order valence-electron chi connectivity index (χ0n) is 10.0. The standard InChI is InChI=1S/C11H14ClN3O3/c1-18-9-3-2-4-14(7-9)11-6-8(15(16)17)5-10(12)13-11/h5-6,9H,2-4,7H2,1H3. The summed E-state index contributed by atoms with van der Waals surface area (Å²) >= 11 is 5.81. The van der Waals surface area contributed by atoms with Crippen LogP contribution in [-0.4, -0.2) is 36.2 Å². The fourth-order valence-electron chi connectivity index (χ4n) is 2.08. The van der Waals surface area contributed by atoms with Crippen LogP contribution >= 0.6 is 11.6 Å². The molecule has 0 radical (unpaired) electrons. The lowest BCUT2D eigenvalue weighted by Gasteiger charge is -2.32. The van der Waals surface area contributed by atoms with E-state index in [1.807, 2.05) is 4.90 Å². The first-order valence-electron chi connectivity index (χ1n) is 5.70. The third kappa shape index (κ3) is 2.88. The highest BCUT2D eigenvalue weighted by Gasteiger charge is 2.22. The monoisotopic (exact) mass is 271 g/mol. The summed E-state index contributed by atoms with van der Waals surface area (Å²) in [6.45, 7) is 1.49. The van der Waals surface area contributed by atoms with E-state index in [0.717, 1.165) is 19.4 Å². The number of pyridine rings is 1. The molecule has 1 saturated heterocycles. The number of ether oxygens (including phenoxy) is 1. The molecule has 18 heavy (non-hydrogen) atoms. The molecule has 1 aromatic rings. The molecule has 6 nitrogen and oxygen atoms in total. The normalized spacial score (nSPS) is 19.9. The van der Waals surface area contributed by atoms with Gasteiger partial charge in [-0.05, 0) is 12.8 Å². The van der Waals surface area contributed by atoms with Gasteiger partial charge in [0.25, 0.3) is 5.69 Å². The Morgan fingerprint density at radius 3 is 3.06 bits per heavy atom. The van der Waals surface area contributed by atoms with Crippen LogP contribution < -0.4 is 4.90 Å². The summed E-state index contributed by atoms with van der Waals surface area (Å²) in [7, 11) is 1.67. The largest absolute Gasteiger partial charge is 0.380 e. The van der Waals surface area contributed by atoms with Crippen molar-refractivity contribution in [3.05, 3.63) is 27.4 Å². The van der Waals surface area contributed by atoms with Crippen molar-refractivity contribution < 1.29 is 9.66 Å². The molecular weight excluding hydrogens is 258 g/mol. The second-order valence-electron chi connectivity index (χ2n) is 4.21. The molecule has 0 saturated carbocycles. The zero-order chi connectivity index (χ0) is 13.1. The van der Waals surface area contributed by atoms with Gasteiger partial charge in [0.15, 0.2) is 0 Å². The first-order chi connectivity index (χ1) is 8.60. The average Bonchev–Trinajstić information content (AvgIpc) is 2.38. The number of piperidine rings is 1. The lowest BCUT2D eigenvalue weighted by Crippen LogP contribution is -2.39. The summed E-state index contributed by atoms with van der Waals surface area (Å²) in [5, 5.41) is 10.9. The quantitative estimate of drug-likeness (QED) is 0.479. The van der Waals surface area contributed by atoms with Crippen molar-refractivity contribution in [1.29, 1.82) is 0 Å². The Bertz CT molecular complexity index is 455. The summed E-state index contributed by atoms with van der Waals surface area (Å²) in [4.78, 5) is 16.4. The molecule has 0 amide bonds. The van der Waals surface area contributed by atoms with Crippen LogP contribution in [0.1, 0.15) is 12.8 Å². The lowest BCUT2D eigenvalue weighted by atomic mass is 10.1. The number of methoxy groups -OCH3 is 1. The van der Waals surface area contributed by atoms with Gasteiger partial charge >= 0.3 is 0 Å². The number of hydrogen-bond donors (Lipinski definition) is 0. The molecule has 0 aromatic carbocycles. The maximum Gasteiger partial charge on any atom is 0.276 e. The molecule has 2 heterocycles. The lowest BCUT2D eigenvalue weighted by molar-refractivity contribution is -0.384. The molecule has 1 aliphatic rings. The van der Waals surface area contributed by atoms with Crippen molar-refractivity contribution in [2.75, 3.05) is 25.1 Å². The van der Waals surface area contributed by atoms with E-state index in [0.29, 0.717) is 12.4 Å². The number of rotatable bonds is 3. The van der Waals surface area contributed by atoms with Gasteiger partial charge in [-0.25, -0.2) is 4.98 Å². The highest BCUT2D eigenvalue weighted by molar-refractivity contribution is 6.29. The van der Waals surface area contributed by atoms with Gasteiger partial charge in [0.1, 0.15) is 11.0 Å². The van der Waals surface area contributed by atoms with E-state index < -0.39 is 4.92 Å². The molecule has 0 spiro atoms. The summed E-state index contributed by atoms with van der Waals surface area (Å²) in [5.74, 6) is 0.538. The summed E-state index contributed by atoms with van der Waals surface area (Å²) in [6.07, 6.45) is 2.11. The Kier molecular flexibility index (Phi) is 3.98. The van der Waals surface area contributed by atoms with E-state index in [2.05, 4.69) is 4.98 Å². The van der Waals surface area contributed by atoms with Crippen LogP contribution in [-0.2, 0) is 4.74 Å². The predicted octanol–water partition coefficient (Wildman–Crippen LogP) is 2.26. The van der Waals surface area contributed by atoms with Crippen LogP contribution in [0.15, 0.2) is 12.1 Å². The summed E-state index contributed by atoms with van der Waals surface area (Å²) in [5.41, 5.74) is -0.0375. The Balaban J connectivity index is 2.24. The molecule has 1 unspecified atom stereocenters. The Labute approximate surface area is 110 Å². The van der Waals surface area contributed by atoms with Gasteiger partial charge in [0, 0.05) is 20.2 Å². The smallest absolute Gasteiger partial charge is 0.276 e. The minimum Gasteiger partial charge on any atom is -0.380 e. The van der Waals surface area contributed by atoms with Crippen LogP contribution in [0.5, 0.6) is 0 Å². The van der Waals surface area contributed by atoms with E-state index in [1.165, 1.54) is 12.1 Å². The van der Waals surface area contributed by atoms with E-state index in [9.17, 15) is 10.1 Å². The van der Waals surface area contributed by atoms with Crippen molar-refractivity contribution in [2.45, 2.75) is 18.9 Å². The van der Waals surface area contributed by atoms with Crippen molar-refractivity contribution in [3.63, 3.8) is 0 Å². The average molecular weight is 272 g/mol. The van der Waals surface area contributed by atoms with Gasteiger partial charge in [-0.1, -0.05) is 11.6 Å². The topological polar surface area (TPSA) is 68.5 Å². The highest BCUT2D eigenvalue weighted by Crippen LogP contribution is 2.25. The predicted molar refractivity (Wildman–Crippen MR) is 68.1 cm³/mol. The van der Waals surface area contributed by atoms with Crippen LogP contribution in [0.25, 0.3) is 0 Å². The molecule has 2 rings (SSSR count). The van der Waals surface area contributed by atoms with E-state index in [1.54, 1.807) is 7.11 Å². The SMILES string of the molecule is COC1CCCN(c2cc([N+](=O)[O-])cc(Cl)n2)C1. The second-order valence-corrected chi connectivity index (χ2v) is 4.60. The second kappa shape index (κ2) is 5.49. The zero-order valence-corrected chi connectivity index (χ0v) is 10.8. The number of hydrogen-bond acceptors (Lipinski definition) is 5. The summed E-state index contributed by atoms with van der Waals surface area (Å²) in [6, 6.07) is 2.70. The third-order valence-electron chi connectivity index (χ3n) is 3.01. The van der Waals surface area contributed by atoms with Gasteiger partial charge < -0.3 is 9.64 Å². The molecule has 0 bridgehead atoms. The Morgan fingerprint density at radius 1 is 1.61 bits per heavy atom. The fourth-order valence-corrected chi connectivity index (χ4v) is 2.27. The van der Waals surface area contributed by atoms with E-state index >= 15 is 0 Å². The Hall–Kier alpha value is -1.40. The van der Waals surface area contributed by atoms with Gasteiger partial charge in [-0.3, -0.25) is 10.1 Å². The molecule has 1 aliphatic heterocycles. The minimum absolute atomic E-state index is 0.0375. The number of nitro groups is 1. The minimum atomic E-state index is -0.463. The van der Waals surface area contributed by atoms with Crippen molar-refractivity contribution in [2.24, 2.45) is 0 Å². The molecule has 7 heteroatoms. The van der Waals surface area contributed by atoms with Gasteiger partial charge in [0.05, 0.1) is 23.2 Å². The summed E-state index contributed by atoms with van der Waals surface area (Å²) < 4.78 is 5.31. The van der Waals surface area contributed by atoms with Crippen LogP contribution in [0.2, 0.25) is 5.15 Å². The number of nitrogens with zero attached hydrogens (tertiary/aromatic N) is 3. The highest BCUT2D eigenvalue weighted by atomic mass is 35.5. The number of halogens is 1. The first-order valence-corrected chi connectivity index (χ1v) is 6.07. The van der Waals surface area contributed by atoms with Crippen molar-refractivity contribution in [3.8, 4) is 0 Å². The maximum atomic E-state index is 10.8. The van der Waals surface area contributed by atoms with Gasteiger partial charge in [0.2, 0.25) is 0 Å². The molecule has 1 aromatic heterocycles. The van der Waals surface area contributed by atoms with Gasteiger partial charge in [-0.15, -0.1) is 0 Å². The number of anilines is 1. The van der Waals surface area contributed by atoms with Crippen molar-refractivity contribution in [1.82, 2.24) is 4.98 Å². The van der Waals surface area contributed by atoms with Crippen LogP contribution in [0, 0.1) is 10.1 Å². The maximum absolute atomic E-state index is 10.8. The Morgan fingerprint density at radius 2 is 2.39 bits per heavy atom. The van der Waals surface area contributed by atoms with Crippen LogP contribution in [0.4, 0.5) is 11.5 Å². The molecule has 0 N–H and O–H groups in total. The van der Waals surface area contributed by atoms with Crippen molar-refractivity contribution >= 4 is 23.1 Å². The molecule has 1 fully saturated rings. The number of aromatic nitrogens is 1. The molecular formula is C11H14ClN3O3. The third-order valence-corrected chi connectivity index (χ3v) is 3.21. The first kappa shape index (κ1) is 13.0. The van der Waals surface area contributed by atoms with Gasteiger partial charge in [-0.2, -0.15) is 0 Å². The molecule has 1 atom stereocenters.